The van der Waals surface area contributed by atoms with E-state index in [9.17, 15) is 8.78 Å². The van der Waals surface area contributed by atoms with Crippen LogP contribution in [0.3, 0.4) is 0 Å². The van der Waals surface area contributed by atoms with Crippen molar-refractivity contribution >= 4 is 24.8 Å². The van der Waals surface area contributed by atoms with Gasteiger partial charge in [-0.2, -0.15) is 0 Å². The Hall–Kier alpha value is -0.420. The molecule has 1 heterocycles. The van der Waals surface area contributed by atoms with Gasteiger partial charge < -0.3 is 5.73 Å². The molecule has 92 valence electrons. The van der Waals surface area contributed by atoms with Crippen LogP contribution in [0.25, 0.3) is 0 Å². The Labute approximate surface area is 106 Å². The molecule has 0 atom stereocenters. The first-order chi connectivity index (χ1) is 6.63. The van der Waals surface area contributed by atoms with Crippen molar-refractivity contribution < 1.29 is 8.78 Å². The van der Waals surface area contributed by atoms with Crippen molar-refractivity contribution in [3.8, 4) is 0 Å². The number of hydrogen-bond donors (Lipinski definition) is 1. The van der Waals surface area contributed by atoms with Gasteiger partial charge in [0.2, 0.25) is 0 Å². The Bertz CT molecular complexity index is 323. The van der Waals surface area contributed by atoms with Crippen LogP contribution < -0.4 is 5.73 Å². The Morgan fingerprint density at radius 3 is 2.06 bits per heavy atom. The molecule has 1 aliphatic heterocycles. The van der Waals surface area contributed by atoms with E-state index in [1.165, 1.54) is 12.1 Å². The van der Waals surface area contributed by atoms with Crippen LogP contribution in [0.2, 0.25) is 0 Å². The molecule has 0 amide bonds. The topological polar surface area (TPSA) is 29.3 Å². The fraction of sp³-hybridized carbons (Fsp3) is 0.400. The maximum absolute atomic E-state index is 12.8. The lowest BCUT2D eigenvalue weighted by Crippen LogP contribution is -2.54. The third kappa shape index (κ3) is 3.87. The number of hydrogen-bond acceptors (Lipinski definition) is 2. The molecule has 1 aromatic rings. The summed E-state index contributed by atoms with van der Waals surface area (Å²) in [5.74, 6) is -1.05. The van der Waals surface area contributed by atoms with E-state index in [0.717, 1.165) is 19.2 Å². The van der Waals surface area contributed by atoms with E-state index in [-0.39, 0.29) is 30.9 Å². The average molecular weight is 271 g/mol. The van der Waals surface area contributed by atoms with Gasteiger partial charge in [-0.3, -0.25) is 4.90 Å². The van der Waals surface area contributed by atoms with Crippen molar-refractivity contribution in [2.45, 2.75) is 12.6 Å². The third-order valence-corrected chi connectivity index (χ3v) is 2.31. The van der Waals surface area contributed by atoms with Crippen molar-refractivity contribution in [3.63, 3.8) is 0 Å². The molecule has 6 heteroatoms. The van der Waals surface area contributed by atoms with E-state index in [1.807, 2.05) is 0 Å². The molecule has 2 nitrogen and oxygen atoms in total. The number of benzene rings is 1. The largest absolute Gasteiger partial charge is 0.325 e. The van der Waals surface area contributed by atoms with E-state index in [0.29, 0.717) is 12.1 Å². The second-order valence-electron chi connectivity index (χ2n) is 3.73. The van der Waals surface area contributed by atoms with E-state index in [4.69, 9.17) is 5.73 Å². The summed E-state index contributed by atoms with van der Waals surface area (Å²) >= 11 is 0. The third-order valence-electron chi connectivity index (χ3n) is 2.31. The summed E-state index contributed by atoms with van der Waals surface area (Å²) < 4.78 is 25.6. The summed E-state index contributed by atoms with van der Waals surface area (Å²) in [5, 5.41) is 0. The van der Waals surface area contributed by atoms with Crippen LogP contribution in [0.1, 0.15) is 5.56 Å². The minimum atomic E-state index is -0.523. The number of nitrogens with zero attached hydrogens (tertiary/aromatic N) is 1. The molecule has 0 aromatic heterocycles. The van der Waals surface area contributed by atoms with Gasteiger partial charge in [0.1, 0.15) is 11.6 Å². The summed E-state index contributed by atoms with van der Waals surface area (Å²) in [6, 6.07) is 3.80. The van der Waals surface area contributed by atoms with Crippen molar-refractivity contribution in [1.29, 1.82) is 0 Å². The van der Waals surface area contributed by atoms with E-state index in [1.54, 1.807) is 0 Å². The van der Waals surface area contributed by atoms with Gasteiger partial charge in [0.25, 0.3) is 0 Å². The summed E-state index contributed by atoms with van der Waals surface area (Å²) in [7, 11) is 0. The second kappa shape index (κ2) is 6.35. The number of nitrogens with two attached hydrogens (primary N) is 1. The molecule has 0 saturated carbocycles. The zero-order valence-corrected chi connectivity index (χ0v) is 10.2. The molecule has 1 fully saturated rings. The van der Waals surface area contributed by atoms with Gasteiger partial charge in [-0.25, -0.2) is 8.78 Å². The molecular formula is C10H14Cl2F2N2. The SMILES string of the molecule is Cl.Cl.NC1CN(Cc2cc(F)cc(F)c2)C1. The van der Waals surface area contributed by atoms with Crippen LogP contribution in [0, 0.1) is 11.6 Å². The maximum atomic E-state index is 12.8. The van der Waals surface area contributed by atoms with Crippen LogP contribution in [0.15, 0.2) is 18.2 Å². The molecule has 0 radical (unpaired) electrons. The number of halogens is 4. The first-order valence-electron chi connectivity index (χ1n) is 4.56. The number of likely N-dealkylation sites (tertiary alicyclic amines) is 1. The fourth-order valence-corrected chi connectivity index (χ4v) is 1.70. The smallest absolute Gasteiger partial charge is 0.126 e. The van der Waals surface area contributed by atoms with Crippen LogP contribution in [-0.2, 0) is 6.54 Å². The molecule has 16 heavy (non-hydrogen) atoms. The van der Waals surface area contributed by atoms with E-state index >= 15 is 0 Å². The quantitative estimate of drug-likeness (QED) is 0.890. The summed E-state index contributed by atoms with van der Waals surface area (Å²) in [5.41, 5.74) is 6.25. The molecule has 0 spiro atoms. The van der Waals surface area contributed by atoms with Gasteiger partial charge >= 0.3 is 0 Å². The highest BCUT2D eigenvalue weighted by atomic mass is 35.5. The predicted molar refractivity (Wildman–Crippen MR) is 64.1 cm³/mol. The maximum Gasteiger partial charge on any atom is 0.126 e. The first kappa shape index (κ1) is 15.6. The van der Waals surface area contributed by atoms with Crippen molar-refractivity contribution in [1.82, 2.24) is 4.90 Å². The average Bonchev–Trinajstić information content (AvgIpc) is 1.99. The second-order valence-corrected chi connectivity index (χ2v) is 3.73. The van der Waals surface area contributed by atoms with Crippen molar-refractivity contribution in [3.05, 3.63) is 35.4 Å². The highest BCUT2D eigenvalue weighted by molar-refractivity contribution is 5.85. The summed E-state index contributed by atoms with van der Waals surface area (Å²) in [4.78, 5) is 2.05. The predicted octanol–water partition coefficient (Wildman–Crippen LogP) is 1.95. The highest BCUT2D eigenvalue weighted by Crippen LogP contribution is 2.14. The molecule has 1 saturated heterocycles. The van der Waals surface area contributed by atoms with Crippen LogP contribution >= 0.6 is 24.8 Å². The zero-order chi connectivity index (χ0) is 10.1. The van der Waals surface area contributed by atoms with Crippen LogP contribution in [-0.4, -0.2) is 24.0 Å². The van der Waals surface area contributed by atoms with Gasteiger partial charge in [-0.1, -0.05) is 0 Å². The number of rotatable bonds is 2. The first-order valence-corrected chi connectivity index (χ1v) is 4.56. The lowest BCUT2D eigenvalue weighted by Gasteiger charge is -2.36. The minimum Gasteiger partial charge on any atom is -0.325 e. The Morgan fingerprint density at radius 2 is 1.62 bits per heavy atom. The molecule has 1 aromatic carbocycles. The van der Waals surface area contributed by atoms with Gasteiger partial charge in [0.15, 0.2) is 0 Å². The van der Waals surface area contributed by atoms with Crippen molar-refractivity contribution in [2.75, 3.05) is 13.1 Å². The molecule has 0 bridgehead atoms. The standard InChI is InChI=1S/C10H12F2N2.2ClH/c11-8-1-7(2-9(12)3-8)4-14-5-10(13)6-14;;/h1-3,10H,4-6,13H2;2*1H. The molecule has 2 N–H and O–H groups in total. The summed E-state index contributed by atoms with van der Waals surface area (Å²) in [6.45, 7) is 2.18. The molecule has 0 unspecified atom stereocenters. The van der Waals surface area contributed by atoms with Crippen molar-refractivity contribution in [2.24, 2.45) is 5.73 Å². The zero-order valence-electron chi connectivity index (χ0n) is 8.53. The minimum absolute atomic E-state index is 0. The normalized spacial score (nSPS) is 15.9. The highest BCUT2D eigenvalue weighted by Gasteiger charge is 2.22. The Morgan fingerprint density at radius 1 is 1.12 bits per heavy atom. The van der Waals surface area contributed by atoms with Gasteiger partial charge in [-0.05, 0) is 17.7 Å². The van der Waals surface area contributed by atoms with Gasteiger partial charge in [0, 0.05) is 31.7 Å². The van der Waals surface area contributed by atoms with Crippen LogP contribution in [0.5, 0.6) is 0 Å². The lowest BCUT2D eigenvalue weighted by molar-refractivity contribution is 0.142. The summed E-state index contributed by atoms with van der Waals surface area (Å²) in [6.07, 6.45) is 0. The molecule has 1 aliphatic rings. The van der Waals surface area contributed by atoms with E-state index in [2.05, 4.69) is 4.90 Å². The molecule has 2 rings (SSSR count). The van der Waals surface area contributed by atoms with E-state index < -0.39 is 11.6 Å². The lowest BCUT2D eigenvalue weighted by atomic mass is 10.1. The Balaban J connectivity index is 0.00000112. The monoisotopic (exact) mass is 270 g/mol. The molecule has 0 aliphatic carbocycles. The van der Waals surface area contributed by atoms with Crippen LogP contribution in [0.4, 0.5) is 8.78 Å². The fourth-order valence-electron chi connectivity index (χ4n) is 1.70. The molecular weight excluding hydrogens is 257 g/mol. The Kier molecular flexibility index (Phi) is 6.18. The van der Waals surface area contributed by atoms with Gasteiger partial charge in [-0.15, -0.1) is 24.8 Å². The van der Waals surface area contributed by atoms with Gasteiger partial charge in [0.05, 0.1) is 0 Å².